The van der Waals surface area contributed by atoms with Crippen molar-refractivity contribution in [3.05, 3.63) is 52.7 Å². The molecule has 1 aliphatic heterocycles. The number of hydrogen-bond acceptors (Lipinski definition) is 7. The Morgan fingerprint density at radius 1 is 1.30 bits per heavy atom. The van der Waals surface area contributed by atoms with Crippen molar-refractivity contribution in [1.82, 2.24) is 15.1 Å². The van der Waals surface area contributed by atoms with Gasteiger partial charge in [0, 0.05) is 12.6 Å². The number of hydrogen-bond donors (Lipinski definition) is 1. The molecule has 11 heteroatoms. The van der Waals surface area contributed by atoms with Gasteiger partial charge < -0.3 is 19.2 Å². The van der Waals surface area contributed by atoms with Crippen molar-refractivity contribution < 1.29 is 26.9 Å². The molecule has 4 rings (SSSR count). The maximum absolute atomic E-state index is 12.8. The molecular weight excluding hydrogens is 403 g/mol. The molecule has 3 aromatic heterocycles. The number of fused-ring (bicyclic) bond motifs is 1. The Hall–Kier alpha value is -3.37. The van der Waals surface area contributed by atoms with Crippen molar-refractivity contribution in [2.75, 3.05) is 16.8 Å². The van der Waals surface area contributed by atoms with Gasteiger partial charge in [0.05, 0.1) is 17.9 Å². The number of anilines is 2. The Kier molecular flexibility index (Phi) is 4.96. The third-order valence-corrected chi connectivity index (χ3v) is 4.84. The van der Waals surface area contributed by atoms with Crippen LogP contribution in [0.2, 0.25) is 0 Å². The van der Waals surface area contributed by atoms with Gasteiger partial charge in [-0.15, -0.1) is 0 Å². The maximum atomic E-state index is 12.8. The normalized spacial score (nSPS) is 14.0. The van der Waals surface area contributed by atoms with Crippen LogP contribution in [0.3, 0.4) is 0 Å². The summed E-state index contributed by atoms with van der Waals surface area (Å²) in [6, 6.07) is 2.76. The summed E-state index contributed by atoms with van der Waals surface area (Å²) < 4.78 is 48.2. The lowest BCUT2D eigenvalue weighted by Crippen LogP contribution is -2.30. The minimum atomic E-state index is -4.55. The minimum absolute atomic E-state index is 0.117. The van der Waals surface area contributed by atoms with Crippen LogP contribution in [0.1, 0.15) is 45.4 Å². The summed E-state index contributed by atoms with van der Waals surface area (Å²) >= 11 is 0. The summed E-state index contributed by atoms with van der Waals surface area (Å²) in [6.45, 7) is 4.21. The SMILES string of the molecule is Cc1cc2c(nc1NC(=O)c1ncoc1C)CCCN2Cc1cc(C(F)(F)F)no1. The molecule has 1 aliphatic rings. The molecule has 1 N–H and O–H groups in total. The number of carbonyl (C=O) groups is 1. The van der Waals surface area contributed by atoms with E-state index in [9.17, 15) is 18.0 Å². The fourth-order valence-corrected chi connectivity index (χ4v) is 3.34. The van der Waals surface area contributed by atoms with Gasteiger partial charge in [-0.25, -0.2) is 9.97 Å². The van der Waals surface area contributed by atoms with Crippen LogP contribution < -0.4 is 10.2 Å². The van der Waals surface area contributed by atoms with Gasteiger partial charge in [0.1, 0.15) is 11.6 Å². The summed E-state index contributed by atoms with van der Waals surface area (Å²) in [5.41, 5.74) is 1.38. The topological polar surface area (TPSA) is 97.3 Å². The molecule has 0 atom stereocenters. The Morgan fingerprint density at radius 3 is 2.77 bits per heavy atom. The van der Waals surface area contributed by atoms with E-state index in [4.69, 9.17) is 8.94 Å². The highest BCUT2D eigenvalue weighted by Gasteiger charge is 2.35. The number of halogens is 3. The molecular formula is C19H18F3N5O3. The second-order valence-electron chi connectivity index (χ2n) is 7.03. The van der Waals surface area contributed by atoms with Gasteiger partial charge in [0.15, 0.2) is 23.5 Å². The van der Waals surface area contributed by atoms with Crippen LogP contribution in [0.25, 0.3) is 0 Å². The van der Waals surface area contributed by atoms with Crippen LogP contribution in [0.15, 0.2) is 27.5 Å². The lowest BCUT2D eigenvalue weighted by molar-refractivity contribution is -0.142. The number of pyridine rings is 1. The van der Waals surface area contributed by atoms with Crippen LogP contribution in [0, 0.1) is 13.8 Å². The number of nitrogens with zero attached hydrogens (tertiary/aromatic N) is 4. The number of carbonyl (C=O) groups excluding carboxylic acids is 1. The zero-order valence-electron chi connectivity index (χ0n) is 16.2. The summed E-state index contributed by atoms with van der Waals surface area (Å²) in [7, 11) is 0. The van der Waals surface area contributed by atoms with Gasteiger partial charge in [-0.2, -0.15) is 13.2 Å². The van der Waals surface area contributed by atoms with Crippen LogP contribution >= 0.6 is 0 Å². The third kappa shape index (κ3) is 3.87. The molecule has 8 nitrogen and oxygen atoms in total. The molecule has 0 aromatic carbocycles. The predicted molar refractivity (Wildman–Crippen MR) is 99.0 cm³/mol. The van der Waals surface area contributed by atoms with E-state index in [1.165, 1.54) is 6.39 Å². The Morgan fingerprint density at radius 2 is 2.10 bits per heavy atom. The van der Waals surface area contributed by atoms with Crippen molar-refractivity contribution >= 4 is 17.4 Å². The highest BCUT2D eigenvalue weighted by molar-refractivity contribution is 6.03. The molecule has 30 heavy (non-hydrogen) atoms. The van der Waals surface area contributed by atoms with E-state index < -0.39 is 17.8 Å². The van der Waals surface area contributed by atoms with E-state index in [2.05, 4.69) is 20.4 Å². The Bertz CT molecular complexity index is 1090. The average molecular weight is 421 g/mol. The zero-order chi connectivity index (χ0) is 21.5. The molecule has 3 aromatic rings. The second kappa shape index (κ2) is 7.47. The summed E-state index contributed by atoms with van der Waals surface area (Å²) in [4.78, 5) is 22.8. The first-order valence-electron chi connectivity index (χ1n) is 9.22. The zero-order valence-corrected chi connectivity index (χ0v) is 16.2. The largest absolute Gasteiger partial charge is 0.448 e. The lowest BCUT2D eigenvalue weighted by Gasteiger charge is -2.30. The molecule has 0 fully saturated rings. The minimum Gasteiger partial charge on any atom is -0.448 e. The molecule has 0 bridgehead atoms. The van der Waals surface area contributed by atoms with E-state index in [1.54, 1.807) is 13.8 Å². The van der Waals surface area contributed by atoms with E-state index in [0.29, 0.717) is 30.1 Å². The highest BCUT2D eigenvalue weighted by atomic mass is 19.4. The molecule has 158 valence electrons. The first kappa shape index (κ1) is 19.9. The highest BCUT2D eigenvalue weighted by Crippen LogP contribution is 2.33. The van der Waals surface area contributed by atoms with Gasteiger partial charge >= 0.3 is 6.18 Å². The number of aromatic nitrogens is 3. The molecule has 4 heterocycles. The van der Waals surface area contributed by atoms with Crippen LogP contribution in [-0.2, 0) is 19.1 Å². The van der Waals surface area contributed by atoms with Gasteiger partial charge in [-0.05, 0) is 38.3 Å². The van der Waals surface area contributed by atoms with Gasteiger partial charge in [-0.3, -0.25) is 4.79 Å². The van der Waals surface area contributed by atoms with Crippen molar-refractivity contribution in [3.63, 3.8) is 0 Å². The number of alkyl halides is 3. The molecule has 0 saturated heterocycles. The van der Waals surface area contributed by atoms with E-state index in [0.717, 1.165) is 23.9 Å². The molecule has 0 spiro atoms. The predicted octanol–water partition coefficient (Wildman–Crippen LogP) is 3.90. The molecule has 1 amide bonds. The average Bonchev–Trinajstić information content (AvgIpc) is 3.32. The Labute approximate surface area is 169 Å². The Balaban J connectivity index is 1.56. The number of oxazole rings is 1. The fourth-order valence-electron chi connectivity index (χ4n) is 3.34. The number of amides is 1. The maximum Gasteiger partial charge on any atom is 0.436 e. The number of nitrogens with one attached hydrogen (secondary N) is 1. The molecule has 0 unspecified atom stereocenters. The van der Waals surface area contributed by atoms with Gasteiger partial charge in [0.25, 0.3) is 5.91 Å². The molecule has 0 saturated carbocycles. The van der Waals surface area contributed by atoms with Crippen molar-refractivity contribution in [3.8, 4) is 0 Å². The first-order valence-corrected chi connectivity index (χ1v) is 9.22. The monoisotopic (exact) mass is 421 g/mol. The quantitative estimate of drug-likeness (QED) is 0.682. The van der Waals surface area contributed by atoms with E-state index in [1.807, 2.05) is 11.0 Å². The van der Waals surface area contributed by atoms with Crippen LogP contribution in [0.5, 0.6) is 0 Å². The van der Waals surface area contributed by atoms with E-state index in [-0.39, 0.29) is 18.0 Å². The molecule has 0 radical (unpaired) electrons. The number of rotatable bonds is 4. The van der Waals surface area contributed by atoms with E-state index >= 15 is 0 Å². The molecule has 0 aliphatic carbocycles. The smallest absolute Gasteiger partial charge is 0.436 e. The first-order chi connectivity index (χ1) is 14.2. The van der Waals surface area contributed by atoms with Crippen molar-refractivity contribution in [2.45, 2.75) is 39.4 Å². The number of aryl methyl sites for hydroxylation is 3. The van der Waals surface area contributed by atoms with Crippen molar-refractivity contribution in [1.29, 1.82) is 0 Å². The third-order valence-electron chi connectivity index (χ3n) is 4.84. The fraction of sp³-hybridized carbons (Fsp3) is 0.368. The van der Waals surface area contributed by atoms with Crippen LogP contribution in [-0.4, -0.2) is 27.6 Å². The van der Waals surface area contributed by atoms with Crippen LogP contribution in [0.4, 0.5) is 24.7 Å². The lowest BCUT2D eigenvalue weighted by atomic mass is 10.1. The summed E-state index contributed by atoms with van der Waals surface area (Å²) in [6.07, 6.45) is -1.90. The summed E-state index contributed by atoms with van der Waals surface area (Å²) in [5, 5.41) is 5.84. The van der Waals surface area contributed by atoms with Gasteiger partial charge in [-0.1, -0.05) is 5.16 Å². The summed E-state index contributed by atoms with van der Waals surface area (Å²) in [5.74, 6) is 0.499. The van der Waals surface area contributed by atoms with Crippen molar-refractivity contribution in [2.24, 2.45) is 0 Å². The second-order valence-corrected chi connectivity index (χ2v) is 7.03. The standard InChI is InChI=1S/C19H18F3N5O3/c1-10-6-14-13(24-17(10)25-18(28)16-11(2)29-9-23-16)4-3-5-27(14)8-12-7-15(26-30-12)19(20,21)22/h6-7,9H,3-5,8H2,1-2H3,(H,24,25,28). The van der Waals surface area contributed by atoms with Gasteiger partial charge in [0.2, 0.25) is 0 Å².